The highest BCUT2D eigenvalue weighted by molar-refractivity contribution is 5.95. The van der Waals surface area contributed by atoms with Crippen molar-refractivity contribution in [1.29, 1.82) is 0 Å². The van der Waals surface area contributed by atoms with Crippen molar-refractivity contribution < 1.29 is 9.59 Å². The molecule has 0 radical (unpaired) electrons. The first-order chi connectivity index (χ1) is 7.71. The van der Waals surface area contributed by atoms with Crippen LogP contribution in [-0.2, 0) is 9.59 Å². The summed E-state index contributed by atoms with van der Waals surface area (Å²) in [7, 11) is 0. The van der Waals surface area contributed by atoms with Gasteiger partial charge in [0.1, 0.15) is 6.04 Å². The van der Waals surface area contributed by atoms with Crippen LogP contribution in [-0.4, -0.2) is 35.8 Å². The molecular formula is C13H22N2O2. The Kier molecular flexibility index (Phi) is 2.71. The summed E-state index contributed by atoms with van der Waals surface area (Å²) >= 11 is 0. The average Bonchev–Trinajstić information content (AvgIpc) is 2.87. The Balaban J connectivity index is 2.11. The first-order valence-corrected chi connectivity index (χ1v) is 6.29. The van der Waals surface area contributed by atoms with Crippen LogP contribution in [0.1, 0.15) is 40.5 Å². The van der Waals surface area contributed by atoms with Crippen LogP contribution in [0.15, 0.2) is 0 Å². The van der Waals surface area contributed by atoms with Gasteiger partial charge in [-0.25, -0.2) is 0 Å². The molecule has 2 aliphatic rings. The molecule has 2 fully saturated rings. The van der Waals surface area contributed by atoms with Gasteiger partial charge in [0.25, 0.3) is 0 Å². The van der Waals surface area contributed by atoms with E-state index in [1.54, 1.807) is 4.90 Å². The lowest BCUT2D eigenvalue weighted by Gasteiger charge is -2.39. The second kappa shape index (κ2) is 3.72. The summed E-state index contributed by atoms with van der Waals surface area (Å²) < 4.78 is 0. The van der Waals surface area contributed by atoms with Crippen molar-refractivity contribution in [2.75, 3.05) is 13.1 Å². The molecule has 0 aromatic rings. The normalized spacial score (nSPS) is 28.0. The molecule has 2 amide bonds. The van der Waals surface area contributed by atoms with E-state index in [-0.39, 0.29) is 35.2 Å². The maximum atomic E-state index is 12.3. The average molecular weight is 238 g/mol. The van der Waals surface area contributed by atoms with Crippen molar-refractivity contribution in [3.05, 3.63) is 0 Å². The fourth-order valence-corrected chi connectivity index (χ4v) is 2.26. The Morgan fingerprint density at radius 3 is 2.41 bits per heavy atom. The van der Waals surface area contributed by atoms with Crippen molar-refractivity contribution in [3.63, 3.8) is 0 Å². The molecule has 1 saturated heterocycles. The molecule has 96 valence electrons. The van der Waals surface area contributed by atoms with Crippen LogP contribution in [0, 0.1) is 10.8 Å². The van der Waals surface area contributed by atoms with Crippen LogP contribution in [0.4, 0.5) is 0 Å². The highest BCUT2D eigenvalue weighted by atomic mass is 16.2. The number of amides is 2. The fraction of sp³-hybridized carbons (Fsp3) is 0.846. The van der Waals surface area contributed by atoms with Gasteiger partial charge in [-0.1, -0.05) is 27.7 Å². The number of hydrogen-bond donors (Lipinski definition) is 1. The van der Waals surface area contributed by atoms with E-state index in [0.29, 0.717) is 0 Å². The van der Waals surface area contributed by atoms with E-state index in [1.807, 2.05) is 20.8 Å². The minimum atomic E-state index is -0.383. The van der Waals surface area contributed by atoms with Crippen LogP contribution in [0.25, 0.3) is 0 Å². The Hall–Kier alpha value is -1.06. The van der Waals surface area contributed by atoms with Crippen molar-refractivity contribution in [2.24, 2.45) is 10.8 Å². The zero-order valence-corrected chi connectivity index (χ0v) is 11.2. The maximum absolute atomic E-state index is 12.3. The molecule has 1 N–H and O–H groups in total. The Morgan fingerprint density at radius 1 is 1.35 bits per heavy atom. The molecule has 17 heavy (non-hydrogen) atoms. The molecule has 1 aliphatic heterocycles. The summed E-state index contributed by atoms with van der Waals surface area (Å²) in [6, 6.07) is -0.383. The summed E-state index contributed by atoms with van der Waals surface area (Å²) in [6.07, 6.45) is 2.33. The summed E-state index contributed by atoms with van der Waals surface area (Å²) in [5, 5.41) is 2.81. The summed E-state index contributed by atoms with van der Waals surface area (Å²) in [5.74, 6) is 0.0407. The molecule has 1 aliphatic carbocycles. The third kappa shape index (κ3) is 2.61. The number of hydrogen-bond acceptors (Lipinski definition) is 2. The van der Waals surface area contributed by atoms with E-state index in [2.05, 4.69) is 12.2 Å². The number of carbonyl (C=O) groups is 2. The van der Waals surface area contributed by atoms with Gasteiger partial charge in [-0.05, 0) is 23.7 Å². The molecule has 1 saturated carbocycles. The lowest BCUT2D eigenvalue weighted by Crippen LogP contribution is -2.62. The van der Waals surface area contributed by atoms with Crippen molar-refractivity contribution in [3.8, 4) is 0 Å². The van der Waals surface area contributed by atoms with Gasteiger partial charge in [-0.3, -0.25) is 9.59 Å². The monoisotopic (exact) mass is 238 g/mol. The topological polar surface area (TPSA) is 49.4 Å². The molecule has 0 spiro atoms. The lowest BCUT2D eigenvalue weighted by molar-refractivity contribution is -0.148. The number of rotatable bonds is 2. The number of nitrogens with zero attached hydrogens (tertiary/aromatic N) is 1. The molecule has 0 aromatic carbocycles. The zero-order valence-electron chi connectivity index (χ0n) is 11.2. The van der Waals surface area contributed by atoms with E-state index < -0.39 is 0 Å². The Bertz CT molecular complexity index is 353. The smallest absolute Gasteiger partial charge is 0.246 e. The third-order valence-corrected chi connectivity index (χ3v) is 3.74. The third-order valence-electron chi connectivity index (χ3n) is 3.74. The lowest BCUT2D eigenvalue weighted by atomic mass is 9.84. The maximum Gasteiger partial charge on any atom is 0.246 e. The minimum absolute atomic E-state index is 0.0335. The second-order valence-corrected chi connectivity index (χ2v) is 6.87. The van der Waals surface area contributed by atoms with Gasteiger partial charge in [0.2, 0.25) is 11.8 Å². The van der Waals surface area contributed by atoms with Crippen LogP contribution < -0.4 is 5.32 Å². The van der Waals surface area contributed by atoms with E-state index >= 15 is 0 Å². The summed E-state index contributed by atoms with van der Waals surface area (Å²) in [4.78, 5) is 25.7. The quantitative estimate of drug-likeness (QED) is 0.785. The predicted molar refractivity (Wildman–Crippen MR) is 65.3 cm³/mol. The van der Waals surface area contributed by atoms with Crippen molar-refractivity contribution in [1.82, 2.24) is 10.2 Å². The molecule has 2 rings (SSSR count). The van der Waals surface area contributed by atoms with E-state index in [9.17, 15) is 9.59 Å². The van der Waals surface area contributed by atoms with E-state index in [1.165, 1.54) is 12.8 Å². The van der Waals surface area contributed by atoms with Crippen LogP contribution >= 0.6 is 0 Å². The second-order valence-electron chi connectivity index (χ2n) is 6.87. The standard InChI is InChI=1S/C13H22N2O2/c1-12(2,3)10-11(17)15(7-9(16)14-10)8-13(4)5-6-13/h10H,5-8H2,1-4H3,(H,14,16). The van der Waals surface area contributed by atoms with Gasteiger partial charge in [-0.2, -0.15) is 0 Å². The van der Waals surface area contributed by atoms with Crippen LogP contribution in [0.5, 0.6) is 0 Å². The molecule has 1 unspecified atom stereocenters. The molecule has 1 atom stereocenters. The number of piperazine rings is 1. The fourth-order valence-electron chi connectivity index (χ4n) is 2.26. The Morgan fingerprint density at radius 2 is 1.94 bits per heavy atom. The van der Waals surface area contributed by atoms with Gasteiger partial charge in [0, 0.05) is 6.54 Å². The number of nitrogens with one attached hydrogen (secondary N) is 1. The summed E-state index contributed by atoms with van der Waals surface area (Å²) in [5.41, 5.74) is 0.0333. The molecule has 0 bridgehead atoms. The Labute approximate surface area is 103 Å². The predicted octanol–water partition coefficient (Wildman–Crippen LogP) is 1.16. The largest absolute Gasteiger partial charge is 0.342 e. The highest BCUT2D eigenvalue weighted by Gasteiger charge is 2.45. The van der Waals surface area contributed by atoms with Gasteiger partial charge in [0.15, 0.2) is 0 Å². The minimum Gasteiger partial charge on any atom is -0.342 e. The SMILES string of the molecule is CC1(CN2CC(=O)NC(C(C)(C)C)C2=O)CC1. The van der Waals surface area contributed by atoms with Crippen molar-refractivity contribution in [2.45, 2.75) is 46.6 Å². The molecule has 1 heterocycles. The van der Waals surface area contributed by atoms with E-state index in [0.717, 1.165) is 6.54 Å². The van der Waals surface area contributed by atoms with Gasteiger partial charge >= 0.3 is 0 Å². The van der Waals surface area contributed by atoms with Gasteiger partial charge in [-0.15, -0.1) is 0 Å². The molecule has 4 heteroatoms. The van der Waals surface area contributed by atoms with Gasteiger partial charge in [0.05, 0.1) is 6.54 Å². The summed E-state index contributed by atoms with van der Waals surface area (Å²) in [6.45, 7) is 9.08. The molecule has 0 aromatic heterocycles. The number of carbonyl (C=O) groups excluding carboxylic acids is 2. The van der Waals surface area contributed by atoms with Crippen LogP contribution in [0.3, 0.4) is 0 Å². The van der Waals surface area contributed by atoms with Gasteiger partial charge < -0.3 is 10.2 Å². The van der Waals surface area contributed by atoms with Crippen LogP contribution in [0.2, 0.25) is 0 Å². The molecular weight excluding hydrogens is 216 g/mol. The van der Waals surface area contributed by atoms with E-state index in [4.69, 9.17) is 0 Å². The molecule has 4 nitrogen and oxygen atoms in total. The van der Waals surface area contributed by atoms with Crippen molar-refractivity contribution >= 4 is 11.8 Å². The first-order valence-electron chi connectivity index (χ1n) is 6.29. The zero-order chi connectivity index (χ0) is 12.8. The first kappa shape index (κ1) is 12.4. The highest BCUT2D eigenvalue weighted by Crippen LogP contribution is 2.45.